The van der Waals surface area contributed by atoms with E-state index < -0.39 is 187 Å². The molecule has 24 heteroatoms. The maximum atomic E-state index is 13.6. The molecule has 5 saturated heterocycles. The monoisotopic (exact) mass is 1230 g/mol. The summed E-state index contributed by atoms with van der Waals surface area (Å²) in [4.78, 5) is 27.0. The van der Waals surface area contributed by atoms with Gasteiger partial charge in [-0.15, -0.1) is 0 Å². The first-order chi connectivity index (χ1) is 40.5. The van der Waals surface area contributed by atoms with Crippen LogP contribution in [-0.4, -0.2) is 241 Å². The summed E-state index contributed by atoms with van der Waals surface area (Å²) in [7, 11) is 6.35. The average Bonchev–Trinajstić information content (AvgIpc) is 1.34. The second kappa shape index (κ2) is 26.8. The van der Waals surface area contributed by atoms with Crippen LogP contribution in [0.3, 0.4) is 0 Å². The lowest BCUT2D eigenvalue weighted by atomic mass is 9.42. The normalized spacial score (nSPS) is 50.0. The molecule has 0 aromatic carbocycles. The molecule has 86 heavy (non-hydrogen) atoms. The van der Waals surface area contributed by atoms with Crippen LogP contribution in [0.2, 0.25) is 0 Å². The van der Waals surface area contributed by atoms with Crippen molar-refractivity contribution in [3.05, 3.63) is 23.3 Å². The number of esters is 1. The van der Waals surface area contributed by atoms with Crippen molar-refractivity contribution >= 4 is 11.8 Å². The number of methoxy groups -OCH3 is 4. The van der Waals surface area contributed by atoms with E-state index in [4.69, 9.17) is 71.1 Å². The second-order valence-electron chi connectivity index (χ2n) is 26.7. The predicted octanol–water partition coefficient (Wildman–Crippen LogP) is 2.95. The molecule has 3 saturated carbocycles. The lowest BCUT2D eigenvalue weighted by molar-refractivity contribution is -0.358. The number of rotatable bonds is 19. The predicted molar refractivity (Wildman–Crippen MR) is 301 cm³/mol. The van der Waals surface area contributed by atoms with Crippen molar-refractivity contribution < 1.29 is 116 Å². The zero-order valence-corrected chi connectivity index (χ0v) is 52.6. The first-order valence-electron chi connectivity index (χ1n) is 31.1. The van der Waals surface area contributed by atoms with Gasteiger partial charge in [0.25, 0.3) is 0 Å². The van der Waals surface area contributed by atoms with Crippen LogP contribution in [0.5, 0.6) is 0 Å². The summed E-state index contributed by atoms with van der Waals surface area (Å²) < 4.78 is 94.3. The molecular weight excluding hydrogens is 1130 g/mol. The molecule has 5 heterocycles. The number of allylic oxidation sites excluding steroid dienone is 1. The summed E-state index contributed by atoms with van der Waals surface area (Å²) in [5.41, 5.74) is -6.22. The fourth-order valence-electron chi connectivity index (χ4n) is 16.1. The van der Waals surface area contributed by atoms with Crippen molar-refractivity contribution in [1.82, 2.24) is 0 Å². The van der Waals surface area contributed by atoms with Gasteiger partial charge in [-0.1, -0.05) is 38.0 Å². The van der Waals surface area contributed by atoms with E-state index in [1.807, 2.05) is 47.6 Å². The number of hydrogen-bond donors (Lipinski definition) is 7. The molecule has 0 amide bonds. The zero-order chi connectivity index (χ0) is 62.7. The Balaban J connectivity index is 0.779. The van der Waals surface area contributed by atoms with E-state index in [0.717, 1.165) is 11.1 Å². The Morgan fingerprint density at radius 1 is 0.640 bits per heavy atom. The lowest BCUT2D eigenvalue weighted by Crippen LogP contribution is -2.78. The molecule has 0 spiro atoms. The summed E-state index contributed by atoms with van der Waals surface area (Å²) >= 11 is 0. The molecule has 7 N–H and O–H groups in total. The Bertz CT molecular complexity index is 2390. The maximum Gasteiger partial charge on any atom is 0.330 e. The van der Waals surface area contributed by atoms with Crippen LogP contribution >= 0.6 is 0 Å². The van der Waals surface area contributed by atoms with Gasteiger partial charge in [0.1, 0.15) is 71.7 Å². The van der Waals surface area contributed by atoms with Gasteiger partial charge in [-0.2, -0.15) is 0 Å². The van der Waals surface area contributed by atoms with Gasteiger partial charge in [-0.05, 0) is 105 Å². The highest BCUT2D eigenvalue weighted by Crippen LogP contribution is 2.71. The van der Waals surface area contributed by atoms with Crippen molar-refractivity contribution in [3.63, 3.8) is 0 Å². The molecule has 492 valence electrons. The summed E-state index contributed by atoms with van der Waals surface area (Å²) in [5, 5.41) is 79.0. The second-order valence-corrected chi connectivity index (χ2v) is 26.7. The third-order valence-electron chi connectivity index (χ3n) is 21.7. The molecule has 0 unspecified atom stereocenters. The van der Waals surface area contributed by atoms with Gasteiger partial charge in [0.05, 0.1) is 67.0 Å². The van der Waals surface area contributed by atoms with Crippen molar-refractivity contribution in [3.8, 4) is 0 Å². The molecular formula is C62H100O24. The molecule has 9 rings (SSSR count). The Hall–Kier alpha value is -2.22. The van der Waals surface area contributed by atoms with E-state index in [1.54, 1.807) is 35.2 Å². The van der Waals surface area contributed by atoms with Crippen LogP contribution in [0.15, 0.2) is 23.3 Å². The molecule has 5 aliphatic heterocycles. The fraction of sp³-hybridized carbons (Fsp3) is 0.903. The highest BCUT2D eigenvalue weighted by Gasteiger charge is 2.81. The number of ether oxygens (including phenoxy) is 15. The van der Waals surface area contributed by atoms with E-state index in [2.05, 4.69) is 6.92 Å². The molecule has 8 fully saturated rings. The van der Waals surface area contributed by atoms with Crippen LogP contribution in [0.1, 0.15) is 140 Å². The summed E-state index contributed by atoms with van der Waals surface area (Å²) in [6, 6.07) is 0. The average molecular weight is 1230 g/mol. The molecule has 9 aliphatic rings. The van der Waals surface area contributed by atoms with Crippen LogP contribution < -0.4 is 0 Å². The van der Waals surface area contributed by atoms with Crippen molar-refractivity contribution in [2.45, 2.75) is 298 Å². The summed E-state index contributed by atoms with van der Waals surface area (Å²) in [5.74, 6) is -1.67. The quantitative estimate of drug-likeness (QED) is 0.0555. The molecule has 29 atom stereocenters. The molecule has 0 bridgehead atoms. The van der Waals surface area contributed by atoms with Gasteiger partial charge in [-0.25, -0.2) is 4.79 Å². The Morgan fingerprint density at radius 3 is 1.55 bits per heavy atom. The number of carbonyl (C=O) groups excluding carboxylic acids is 2. The van der Waals surface area contributed by atoms with E-state index in [9.17, 15) is 45.3 Å². The Labute approximate surface area is 505 Å². The summed E-state index contributed by atoms with van der Waals surface area (Å²) in [6.45, 7) is 17.6. The van der Waals surface area contributed by atoms with Gasteiger partial charge < -0.3 is 107 Å². The number of Topliss-reactive ketones (excluding diaryl/α,β-unsaturated/α-hetero) is 1. The van der Waals surface area contributed by atoms with Crippen LogP contribution in [0.25, 0.3) is 0 Å². The maximum absolute atomic E-state index is 13.6. The minimum absolute atomic E-state index is 0.0490. The minimum Gasteiger partial charge on any atom is -0.458 e. The third kappa shape index (κ3) is 12.4. The van der Waals surface area contributed by atoms with Crippen molar-refractivity contribution in [2.24, 2.45) is 22.7 Å². The van der Waals surface area contributed by atoms with Gasteiger partial charge in [-0.3, -0.25) is 4.79 Å². The highest BCUT2D eigenvalue weighted by atomic mass is 16.8. The minimum atomic E-state index is -2.04. The van der Waals surface area contributed by atoms with Crippen molar-refractivity contribution in [1.29, 1.82) is 0 Å². The zero-order valence-electron chi connectivity index (χ0n) is 52.6. The Kier molecular flexibility index (Phi) is 21.2. The van der Waals surface area contributed by atoms with E-state index in [-0.39, 0.29) is 44.1 Å². The Morgan fingerprint density at radius 2 is 1.10 bits per heavy atom. The van der Waals surface area contributed by atoms with Crippen LogP contribution in [0.4, 0.5) is 0 Å². The van der Waals surface area contributed by atoms with E-state index in [1.165, 1.54) is 20.1 Å². The smallest absolute Gasteiger partial charge is 0.330 e. The first kappa shape index (κ1) is 68.2. The van der Waals surface area contributed by atoms with Crippen LogP contribution in [-0.2, 0) is 80.6 Å². The van der Waals surface area contributed by atoms with Gasteiger partial charge in [0.2, 0.25) is 0 Å². The van der Waals surface area contributed by atoms with E-state index >= 15 is 0 Å². The number of fused-ring (bicyclic) bond motifs is 5. The molecule has 0 aromatic heterocycles. The largest absolute Gasteiger partial charge is 0.458 e. The molecule has 24 nitrogen and oxygen atoms in total. The first-order valence-corrected chi connectivity index (χ1v) is 31.1. The highest BCUT2D eigenvalue weighted by molar-refractivity contribution is 5.87. The van der Waals surface area contributed by atoms with Crippen molar-refractivity contribution in [2.75, 3.05) is 35.0 Å². The SMILES string of the molecule is CO[C@H]1C[C@H](O[C@H]2CC[C@@]3(C)C(=CC[C@]4(O)[C@@H]3C[C@@H](OC(=O)/C=C(\C)C(C)C)[C@@]3(C)[C@]4(O)CC[C@@]3(O)C(C)=O)C2)O[C@H](C)[C@H]1O[C@H]1C[C@H](OC)[C@H](O[C@H]2C[C@@H](OC)[C@H](O[C@@H]3C[C@@H](OC)[C@@H](O[C@@H]4O[C@H](CO)[C@@H](O)[C@H](O)[C@H]4O)[C@H](C)O3)[C@@H](C)O2)[C@@H](C)O1. The number of aliphatic hydroxyl groups is 7. The molecule has 0 radical (unpaired) electrons. The standard InChI is InChI=1S/C62H100O24/c1-29(2)30(3)21-45(65)82-44-27-43-58(9)17-16-37(22-36(58)15-18-61(43,70)62(71)20-19-60(69,35(8)64)59(44,62)10)80-46-23-38(72-11)53(31(4)76-46)83-47-24-39(73-12)54(32(5)77-47)84-48-25-40(74-13)55(33(6)78-48)85-49-26-41(75-14)56(34(7)79-49)86-57-52(68)51(67)50(66)42(28-63)81-57/h15,21,29,31-34,37-44,46-57,63,66-71H,16-20,22-28H2,1-14H3/b30-21+/t31-,32-,33-,34+,37+,38+,39+,40-,41-,42-,43-,44-,46+,47+,48+,49-,50-,51+,52-,53-,54-,55-,56+,57+,58+,59-,60-,61+,62-/m1/s1. The number of aliphatic hydroxyl groups excluding tert-OH is 4. The van der Waals surface area contributed by atoms with E-state index in [0.29, 0.717) is 38.5 Å². The lowest BCUT2D eigenvalue weighted by Gasteiger charge is -2.67. The van der Waals surface area contributed by atoms with Gasteiger partial charge >= 0.3 is 5.97 Å². The number of carbonyl (C=O) groups is 2. The summed E-state index contributed by atoms with van der Waals surface area (Å²) in [6.07, 6.45) is -11.6. The number of ketones is 1. The fourth-order valence-corrected chi connectivity index (χ4v) is 16.1. The molecule has 4 aliphatic carbocycles. The van der Waals surface area contributed by atoms with Gasteiger partial charge in [0.15, 0.2) is 37.2 Å². The van der Waals surface area contributed by atoms with Crippen LogP contribution in [0, 0.1) is 22.7 Å². The number of hydrogen-bond acceptors (Lipinski definition) is 24. The third-order valence-corrected chi connectivity index (χ3v) is 21.7. The topological polar surface area (TPSA) is 314 Å². The molecule has 0 aromatic rings. The van der Waals surface area contributed by atoms with Gasteiger partial charge in [0, 0.05) is 66.1 Å².